The first-order chi connectivity index (χ1) is 19.0. The second kappa shape index (κ2) is 11.6. The second-order valence-electron chi connectivity index (χ2n) is 9.22. The number of nitriles is 1. The fraction of sp³-hybridized carbons (Fsp3) is 0.207. The predicted molar refractivity (Wildman–Crippen MR) is 144 cm³/mol. The van der Waals surface area contributed by atoms with Crippen LogP contribution < -0.4 is 20.7 Å². The number of halogens is 1. The molecule has 3 aromatic heterocycles. The fourth-order valence-electron chi connectivity index (χ4n) is 4.45. The molecule has 0 saturated carbocycles. The lowest BCUT2D eigenvalue weighted by atomic mass is 10.0. The standard InChI is InChI=1S/C29H26FN7O2/c30-25-18-37(28-8-5-20(14-31)15-35-28)11-9-26(25)36-27-13-21(34-17-24(27)29(32)38)12-19-3-6-22(7-4-19)39-23-2-1-10-33-16-23/h1-8,10,13,15-17,25-26H,9,11-12,18H2,(H2,32,38)(H,34,36)/t25-,26+/m0/s1. The molecule has 4 aromatic rings. The number of alkyl halides is 1. The van der Waals surface area contributed by atoms with Crippen LogP contribution in [0.5, 0.6) is 11.5 Å². The van der Waals surface area contributed by atoms with Crippen molar-refractivity contribution in [2.45, 2.75) is 25.1 Å². The Morgan fingerprint density at radius 2 is 1.97 bits per heavy atom. The van der Waals surface area contributed by atoms with Crippen molar-refractivity contribution >= 4 is 17.4 Å². The van der Waals surface area contributed by atoms with Gasteiger partial charge in [-0.05, 0) is 54.4 Å². The highest BCUT2D eigenvalue weighted by Gasteiger charge is 2.30. The Hall–Kier alpha value is -5.04. The minimum absolute atomic E-state index is 0.133. The van der Waals surface area contributed by atoms with Crippen LogP contribution in [0.4, 0.5) is 15.9 Å². The van der Waals surface area contributed by atoms with Gasteiger partial charge in [-0.3, -0.25) is 14.8 Å². The summed E-state index contributed by atoms with van der Waals surface area (Å²) in [4.78, 5) is 26.6. The van der Waals surface area contributed by atoms with Gasteiger partial charge in [0.15, 0.2) is 0 Å². The third-order valence-electron chi connectivity index (χ3n) is 6.49. The number of hydrogen-bond acceptors (Lipinski definition) is 8. The second-order valence-corrected chi connectivity index (χ2v) is 9.22. The van der Waals surface area contributed by atoms with E-state index >= 15 is 4.39 Å². The van der Waals surface area contributed by atoms with E-state index in [1.807, 2.05) is 41.3 Å². The van der Waals surface area contributed by atoms with Crippen molar-refractivity contribution in [3.8, 4) is 17.6 Å². The summed E-state index contributed by atoms with van der Waals surface area (Å²) in [5, 5.41) is 12.2. The molecule has 0 bridgehead atoms. The number of carbonyl (C=O) groups is 1. The highest BCUT2D eigenvalue weighted by molar-refractivity contribution is 5.98. The molecule has 4 heterocycles. The average molecular weight is 524 g/mol. The highest BCUT2D eigenvalue weighted by Crippen LogP contribution is 2.26. The Morgan fingerprint density at radius 1 is 1.13 bits per heavy atom. The maximum Gasteiger partial charge on any atom is 0.252 e. The molecule has 9 nitrogen and oxygen atoms in total. The lowest BCUT2D eigenvalue weighted by Gasteiger charge is -2.36. The number of nitrogens with two attached hydrogens (primary N) is 1. The van der Waals surface area contributed by atoms with Gasteiger partial charge < -0.3 is 20.7 Å². The summed E-state index contributed by atoms with van der Waals surface area (Å²) in [6.07, 6.45) is 6.00. The van der Waals surface area contributed by atoms with Gasteiger partial charge in [0.2, 0.25) is 0 Å². The molecule has 1 amide bonds. The molecule has 0 spiro atoms. The van der Waals surface area contributed by atoms with Crippen molar-refractivity contribution in [1.29, 1.82) is 5.26 Å². The van der Waals surface area contributed by atoms with E-state index in [-0.39, 0.29) is 12.1 Å². The predicted octanol–water partition coefficient (Wildman–Crippen LogP) is 4.25. The number of carbonyl (C=O) groups excluding carboxylic acids is 1. The Balaban J connectivity index is 1.26. The van der Waals surface area contributed by atoms with Gasteiger partial charge in [-0.15, -0.1) is 0 Å². The first-order valence-corrected chi connectivity index (χ1v) is 12.5. The molecule has 1 aromatic carbocycles. The van der Waals surface area contributed by atoms with E-state index in [0.717, 1.165) is 5.56 Å². The summed E-state index contributed by atoms with van der Waals surface area (Å²) in [7, 11) is 0. The van der Waals surface area contributed by atoms with E-state index in [1.165, 1.54) is 12.4 Å². The van der Waals surface area contributed by atoms with Gasteiger partial charge in [-0.2, -0.15) is 5.26 Å². The van der Waals surface area contributed by atoms with E-state index < -0.39 is 18.1 Å². The van der Waals surface area contributed by atoms with Crippen molar-refractivity contribution < 1.29 is 13.9 Å². The number of amides is 1. The van der Waals surface area contributed by atoms with Crippen LogP contribution in [0, 0.1) is 11.3 Å². The quantitative estimate of drug-likeness (QED) is 0.351. The van der Waals surface area contributed by atoms with Crippen molar-refractivity contribution in [3.05, 3.63) is 102 Å². The minimum atomic E-state index is -1.22. The van der Waals surface area contributed by atoms with Gasteiger partial charge in [0.05, 0.1) is 35.6 Å². The summed E-state index contributed by atoms with van der Waals surface area (Å²) >= 11 is 0. The number of piperidine rings is 1. The average Bonchev–Trinajstić information content (AvgIpc) is 2.96. The summed E-state index contributed by atoms with van der Waals surface area (Å²) < 4.78 is 21.0. The molecule has 0 radical (unpaired) electrons. The summed E-state index contributed by atoms with van der Waals surface area (Å²) in [6, 6.07) is 17.9. The van der Waals surface area contributed by atoms with Crippen LogP contribution in [-0.2, 0) is 6.42 Å². The molecule has 0 aliphatic carbocycles. The van der Waals surface area contributed by atoms with E-state index in [2.05, 4.69) is 20.3 Å². The molecule has 1 saturated heterocycles. The normalized spacial score (nSPS) is 16.8. The van der Waals surface area contributed by atoms with Crippen LogP contribution in [0.15, 0.2) is 79.4 Å². The molecule has 10 heteroatoms. The number of nitrogens with one attached hydrogen (secondary N) is 1. The molecule has 196 valence electrons. The fourth-order valence-corrected chi connectivity index (χ4v) is 4.45. The molecule has 1 fully saturated rings. The first-order valence-electron chi connectivity index (χ1n) is 12.5. The number of pyridine rings is 3. The zero-order chi connectivity index (χ0) is 27.2. The van der Waals surface area contributed by atoms with Crippen LogP contribution in [0.25, 0.3) is 0 Å². The number of ether oxygens (including phenoxy) is 1. The summed E-state index contributed by atoms with van der Waals surface area (Å²) in [6.45, 7) is 0.697. The molecule has 5 rings (SSSR count). The van der Waals surface area contributed by atoms with Gasteiger partial charge in [-0.1, -0.05) is 12.1 Å². The molecule has 39 heavy (non-hydrogen) atoms. The lowest BCUT2D eigenvalue weighted by Crippen LogP contribution is -2.48. The molecule has 2 atom stereocenters. The number of hydrogen-bond donors (Lipinski definition) is 2. The van der Waals surface area contributed by atoms with Crippen LogP contribution in [0.2, 0.25) is 0 Å². The van der Waals surface area contributed by atoms with E-state index in [4.69, 9.17) is 15.7 Å². The zero-order valence-electron chi connectivity index (χ0n) is 21.0. The van der Waals surface area contributed by atoms with Gasteiger partial charge in [0.25, 0.3) is 5.91 Å². The van der Waals surface area contributed by atoms with E-state index in [9.17, 15) is 4.79 Å². The van der Waals surface area contributed by atoms with Crippen molar-refractivity contribution in [2.75, 3.05) is 23.3 Å². The van der Waals surface area contributed by atoms with E-state index in [0.29, 0.717) is 53.6 Å². The van der Waals surface area contributed by atoms with Crippen LogP contribution in [-0.4, -0.2) is 46.2 Å². The van der Waals surface area contributed by atoms with Crippen molar-refractivity contribution in [1.82, 2.24) is 15.0 Å². The number of aromatic nitrogens is 3. The van der Waals surface area contributed by atoms with Crippen LogP contribution >= 0.6 is 0 Å². The third kappa shape index (κ3) is 6.27. The van der Waals surface area contributed by atoms with Gasteiger partial charge in [-0.25, -0.2) is 9.37 Å². The minimum Gasteiger partial charge on any atom is -0.456 e. The van der Waals surface area contributed by atoms with Crippen LogP contribution in [0.1, 0.15) is 33.6 Å². The number of nitrogens with zero attached hydrogens (tertiary/aromatic N) is 5. The molecule has 1 aliphatic rings. The number of anilines is 2. The van der Waals surface area contributed by atoms with Gasteiger partial charge in [0, 0.05) is 37.3 Å². The summed E-state index contributed by atoms with van der Waals surface area (Å²) in [5.41, 5.74) is 8.41. The molecule has 3 N–H and O–H groups in total. The topological polar surface area (TPSA) is 130 Å². The Labute approximate surface area is 225 Å². The SMILES string of the molecule is N#Cc1ccc(N2CC[C@@H](Nc3cc(Cc4ccc(Oc5cccnc5)cc4)ncc3C(N)=O)[C@@H](F)C2)nc1. The number of rotatable bonds is 8. The first kappa shape index (κ1) is 25.6. The lowest BCUT2D eigenvalue weighted by molar-refractivity contribution is 0.100. The maximum absolute atomic E-state index is 15.3. The highest BCUT2D eigenvalue weighted by atomic mass is 19.1. The van der Waals surface area contributed by atoms with Crippen molar-refractivity contribution in [3.63, 3.8) is 0 Å². The smallest absolute Gasteiger partial charge is 0.252 e. The van der Waals surface area contributed by atoms with E-state index in [1.54, 1.807) is 36.7 Å². The Morgan fingerprint density at radius 3 is 2.64 bits per heavy atom. The monoisotopic (exact) mass is 523 g/mol. The maximum atomic E-state index is 15.3. The molecular formula is C29H26FN7O2. The van der Waals surface area contributed by atoms with Crippen LogP contribution in [0.3, 0.4) is 0 Å². The number of primary amides is 1. The Bertz CT molecular complexity index is 1470. The third-order valence-corrected chi connectivity index (χ3v) is 6.49. The van der Waals surface area contributed by atoms with Gasteiger partial charge >= 0.3 is 0 Å². The van der Waals surface area contributed by atoms with Crippen molar-refractivity contribution in [2.24, 2.45) is 5.73 Å². The van der Waals surface area contributed by atoms with Gasteiger partial charge in [0.1, 0.15) is 29.6 Å². The molecular weight excluding hydrogens is 497 g/mol. The zero-order valence-corrected chi connectivity index (χ0v) is 21.0. The number of benzene rings is 1. The largest absolute Gasteiger partial charge is 0.456 e. The molecule has 0 unspecified atom stereocenters. The molecule has 1 aliphatic heterocycles. The Kier molecular flexibility index (Phi) is 7.59. The summed E-state index contributed by atoms with van der Waals surface area (Å²) in [5.74, 6) is 1.32.